The topological polar surface area (TPSA) is 125 Å². The standard InChI is InChI=1S/C17H26N2O3.C17H18N2O2S/c20-15-9-5-3-1-2-4-7-12-11-13(12)18-16(21)14-8-6-10-19(14)17(15)22;1-9(2)13-8-22-17(19-13)12-7-14(20)11-5-6-15(21-4)10(3)16(11)18-12/h4,7,12-15,20H,1-3,5-6,8-11H2,(H,18,21);5-9H,1-4H3,(H,18,20)/b7-4-;/t12-,13?,14?,15?;/m1./s1. The van der Waals surface area contributed by atoms with Crippen molar-refractivity contribution in [1.29, 1.82) is 0 Å². The third-order valence-electron chi connectivity index (χ3n) is 8.80. The van der Waals surface area contributed by atoms with Gasteiger partial charge in [-0.05, 0) is 69.4 Å². The van der Waals surface area contributed by atoms with Gasteiger partial charge in [-0.25, -0.2) is 4.98 Å². The number of aryl methyl sites for hydroxylation is 1. The van der Waals surface area contributed by atoms with Crippen molar-refractivity contribution in [2.24, 2.45) is 5.92 Å². The Hall–Kier alpha value is -3.50. The van der Waals surface area contributed by atoms with Gasteiger partial charge in [0.1, 0.15) is 22.9 Å². The Kier molecular flexibility index (Phi) is 10.2. The summed E-state index contributed by atoms with van der Waals surface area (Å²) in [4.78, 5) is 46.7. The molecule has 1 saturated carbocycles. The highest BCUT2D eigenvalue weighted by molar-refractivity contribution is 7.13. The normalized spacial score (nSPS) is 24.8. The molecule has 3 aromatic rings. The number of allylic oxidation sites excluding steroid dienone is 1. The van der Waals surface area contributed by atoms with E-state index in [0.717, 1.165) is 71.8 Å². The molecule has 3 unspecified atom stereocenters. The minimum Gasteiger partial charge on any atom is -0.496 e. The third kappa shape index (κ3) is 7.24. The van der Waals surface area contributed by atoms with Gasteiger partial charge in [0.2, 0.25) is 5.91 Å². The molecule has 6 rings (SSSR count). The van der Waals surface area contributed by atoms with Crippen LogP contribution >= 0.6 is 11.3 Å². The summed E-state index contributed by atoms with van der Waals surface area (Å²) in [7, 11) is 1.63. The summed E-state index contributed by atoms with van der Waals surface area (Å²) in [5, 5.41) is 16.7. The van der Waals surface area contributed by atoms with Crippen molar-refractivity contribution in [2.45, 2.75) is 96.2 Å². The fourth-order valence-electron chi connectivity index (χ4n) is 5.99. The van der Waals surface area contributed by atoms with E-state index in [2.05, 4.69) is 41.3 Å². The molecule has 10 heteroatoms. The van der Waals surface area contributed by atoms with E-state index in [4.69, 9.17) is 4.74 Å². The highest BCUT2D eigenvalue weighted by Gasteiger charge is 2.41. The number of rotatable bonds is 3. The van der Waals surface area contributed by atoms with Crippen LogP contribution in [0.15, 0.2) is 40.5 Å². The van der Waals surface area contributed by atoms with E-state index in [1.165, 1.54) is 0 Å². The minimum atomic E-state index is -0.956. The molecule has 2 aliphatic heterocycles. The minimum absolute atomic E-state index is 0.00389. The van der Waals surface area contributed by atoms with Gasteiger partial charge in [0, 0.05) is 35.0 Å². The van der Waals surface area contributed by atoms with Crippen molar-refractivity contribution in [3.8, 4) is 16.5 Å². The Morgan fingerprint density at radius 1 is 1.11 bits per heavy atom. The molecule has 2 amide bonds. The predicted molar refractivity (Wildman–Crippen MR) is 174 cm³/mol. The molecule has 9 nitrogen and oxygen atoms in total. The molecule has 4 atom stereocenters. The van der Waals surface area contributed by atoms with Crippen LogP contribution in [0.4, 0.5) is 0 Å². The summed E-state index contributed by atoms with van der Waals surface area (Å²) >= 11 is 1.55. The molecule has 0 bridgehead atoms. The predicted octanol–water partition coefficient (Wildman–Crippen LogP) is 5.46. The number of nitrogens with one attached hydrogen (secondary N) is 2. The van der Waals surface area contributed by atoms with E-state index < -0.39 is 12.1 Å². The summed E-state index contributed by atoms with van der Waals surface area (Å²) in [6.07, 6.45) is 10.5. The van der Waals surface area contributed by atoms with E-state index in [1.54, 1.807) is 35.5 Å². The van der Waals surface area contributed by atoms with E-state index in [0.29, 0.717) is 36.6 Å². The Labute approximate surface area is 262 Å². The number of thiazole rings is 1. The monoisotopic (exact) mass is 620 g/mol. The van der Waals surface area contributed by atoms with Crippen molar-refractivity contribution in [2.75, 3.05) is 13.7 Å². The number of methoxy groups -OCH3 is 1. The molecule has 2 fully saturated rings. The van der Waals surface area contributed by atoms with Gasteiger partial charge in [-0.2, -0.15) is 0 Å². The van der Waals surface area contributed by atoms with Crippen molar-refractivity contribution in [3.05, 3.63) is 57.2 Å². The number of aromatic nitrogens is 2. The highest BCUT2D eigenvalue weighted by atomic mass is 32.1. The number of hydrogen-bond acceptors (Lipinski definition) is 7. The first-order valence-electron chi connectivity index (χ1n) is 15.8. The number of carbonyl (C=O) groups excluding carboxylic acids is 2. The highest BCUT2D eigenvalue weighted by Crippen LogP contribution is 2.33. The van der Waals surface area contributed by atoms with Crippen LogP contribution in [-0.4, -0.2) is 63.6 Å². The van der Waals surface area contributed by atoms with E-state index >= 15 is 0 Å². The Bertz CT molecular complexity index is 1580. The molecule has 3 N–H and O–H groups in total. The molecule has 3 aliphatic rings. The average molecular weight is 621 g/mol. The van der Waals surface area contributed by atoms with Crippen molar-refractivity contribution in [3.63, 3.8) is 0 Å². The van der Waals surface area contributed by atoms with Gasteiger partial charge >= 0.3 is 0 Å². The number of ether oxygens (including phenoxy) is 1. The lowest BCUT2D eigenvalue weighted by Gasteiger charge is -2.26. The fraction of sp³-hybridized carbons (Fsp3) is 0.529. The van der Waals surface area contributed by atoms with Crippen molar-refractivity contribution >= 4 is 34.1 Å². The summed E-state index contributed by atoms with van der Waals surface area (Å²) in [6.45, 7) is 6.75. The van der Waals surface area contributed by atoms with Crippen LogP contribution in [0.5, 0.6) is 5.75 Å². The number of aliphatic hydroxyl groups is 1. The lowest BCUT2D eigenvalue weighted by atomic mass is 10.1. The zero-order valence-corrected chi connectivity index (χ0v) is 26.9. The van der Waals surface area contributed by atoms with Crippen LogP contribution in [0.3, 0.4) is 0 Å². The van der Waals surface area contributed by atoms with Crippen LogP contribution in [0, 0.1) is 12.8 Å². The van der Waals surface area contributed by atoms with Crippen molar-refractivity contribution < 1.29 is 19.4 Å². The summed E-state index contributed by atoms with van der Waals surface area (Å²) in [5.41, 5.74) is 3.53. The second-order valence-electron chi connectivity index (χ2n) is 12.4. The first-order valence-corrected chi connectivity index (χ1v) is 16.7. The van der Waals surface area contributed by atoms with Gasteiger partial charge in [-0.3, -0.25) is 14.4 Å². The second-order valence-corrected chi connectivity index (χ2v) is 13.2. The first-order chi connectivity index (χ1) is 21.2. The number of hydrogen-bond donors (Lipinski definition) is 3. The molecule has 1 aliphatic carbocycles. The lowest BCUT2D eigenvalue weighted by Crippen LogP contribution is -2.49. The maximum absolute atomic E-state index is 12.4. The number of amides is 2. The SMILES string of the molecule is COc1ccc2c(=O)cc(-c3nc(C(C)C)cs3)[nH]c2c1C.O=C1NC2C[C@H]2/C=C\CCCCCC(O)C(=O)N2CCCC12. The number of aliphatic hydroxyl groups excluding tert-OH is 1. The molecule has 236 valence electrons. The van der Waals surface area contributed by atoms with Crippen LogP contribution in [0.1, 0.15) is 82.4 Å². The summed E-state index contributed by atoms with van der Waals surface area (Å²) < 4.78 is 5.34. The molecule has 44 heavy (non-hydrogen) atoms. The Morgan fingerprint density at radius 3 is 2.68 bits per heavy atom. The zero-order chi connectivity index (χ0) is 31.4. The second kappa shape index (κ2) is 14.1. The number of H-pyrrole nitrogens is 1. The number of fused-ring (bicyclic) bond motifs is 3. The van der Waals surface area contributed by atoms with E-state index in [1.807, 2.05) is 18.4 Å². The van der Waals surface area contributed by atoms with Crippen LogP contribution in [0.2, 0.25) is 0 Å². The van der Waals surface area contributed by atoms with E-state index in [-0.39, 0.29) is 23.3 Å². The Balaban J connectivity index is 0.000000175. The molecule has 0 radical (unpaired) electrons. The molecule has 0 spiro atoms. The van der Waals surface area contributed by atoms with Gasteiger partial charge in [0.25, 0.3) is 5.91 Å². The largest absolute Gasteiger partial charge is 0.496 e. The van der Waals surface area contributed by atoms with Crippen LogP contribution in [-0.2, 0) is 9.59 Å². The van der Waals surface area contributed by atoms with Gasteiger partial charge in [0.15, 0.2) is 5.43 Å². The van der Waals surface area contributed by atoms with Gasteiger partial charge in [-0.15, -0.1) is 11.3 Å². The molecule has 2 aromatic heterocycles. The number of carbonyl (C=O) groups is 2. The smallest absolute Gasteiger partial charge is 0.252 e. The average Bonchev–Trinajstić information content (AvgIpc) is 3.37. The van der Waals surface area contributed by atoms with E-state index in [9.17, 15) is 19.5 Å². The molecule has 4 heterocycles. The molecular formula is C34H44N4O5S. The summed E-state index contributed by atoms with van der Waals surface area (Å²) in [6, 6.07) is 5.09. The number of aromatic amines is 1. The Morgan fingerprint density at radius 2 is 1.93 bits per heavy atom. The van der Waals surface area contributed by atoms with Crippen LogP contribution in [0.25, 0.3) is 21.6 Å². The molecule has 1 aromatic carbocycles. The molecular weight excluding hydrogens is 576 g/mol. The number of nitrogens with zero attached hydrogens (tertiary/aromatic N) is 2. The van der Waals surface area contributed by atoms with Crippen LogP contribution < -0.4 is 15.5 Å². The summed E-state index contributed by atoms with van der Waals surface area (Å²) in [5.74, 6) is 1.29. The molecule has 1 saturated heterocycles. The maximum atomic E-state index is 12.4. The maximum Gasteiger partial charge on any atom is 0.252 e. The van der Waals surface area contributed by atoms with Crippen molar-refractivity contribution in [1.82, 2.24) is 20.2 Å². The van der Waals surface area contributed by atoms with Gasteiger partial charge in [0.05, 0.1) is 24.0 Å². The fourth-order valence-corrected chi connectivity index (χ4v) is 6.94. The van der Waals surface area contributed by atoms with Gasteiger partial charge in [-0.1, -0.05) is 38.8 Å². The first kappa shape index (κ1) is 31.9. The zero-order valence-electron chi connectivity index (χ0n) is 26.1. The number of benzene rings is 1. The lowest BCUT2D eigenvalue weighted by molar-refractivity contribution is -0.145. The number of pyridine rings is 1. The third-order valence-corrected chi connectivity index (χ3v) is 9.70. The quantitative estimate of drug-likeness (QED) is 0.334. The van der Waals surface area contributed by atoms with Gasteiger partial charge < -0.3 is 25.0 Å².